The van der Waals surface area contributed by atoms with Crippen LogP contribution in [0.3, 0.4) is 0 Å². The van der Waals surface area contributed by atoms with E-state index in [1.807, 2.05) is 5.32 Å². The summed E-state index contributed by atoms with van der Waals surface area (Å²) < 4.78 is 38.9. The molecule has 4 nitrogen and oxygen atoms in total. The number of nitrogens with one attached hydrogen (secondary N) is 2. The van der Waals surface area contributed by atoms with Gasteiger partial charge in [-0.1, -0.05) is 0 Å². The minimum Gasteiger partial charge on any atom is -0.329 e. The maximum atomic E-state index is 13.3. The van der Waals surface area contributed by atoms with E-state index in [0.717, 1.165) is 6.07 Å². The lowest BCUT2D eigenvalue weighted by Gasteiger charge is -2.06. The second-order valence-electron chi connectivity index (χ2n) is 3.64. The van der Waals surface area contributed by atoms with Gasteiger partial charge in [-0.25, -0.2) is 13.2 Å². The molecule has 98 valence electrons. The van der Waals surface area contributed by atoms with Crippen LogP contribution in [0.25, 0.3) is 0 Å². The van der Waals surface area contributed by atoms with Gasteiger partial charge >= 0.3 is 0 Å². The van der Waals surface area contributed by atoms with Crippen molar-refractivity contribution >= 4 is 11.6 Å². The standard InChI is InChI=1S/C12H7F3N2O2/c13-7-4-9(15)10(5-8(7)14)17-12(19)6-1-2-16-11(18)3-6/h1-5H,(H,16,18)(H,17,19). The quantitative estimate of drug-likeness (QED) is 0.819. The number of halogens is 3. The Balaban J connectivity index is 2.29. The number of pyridine rings is 1. The number of rotatable bonds is 2. The van der Waals surface area contributed by atoms with Crippen LogP contribution in [-0.4, -0.2) is 10.9 Å². The number of amides is 1. The summed E-state index contributed by atoms with van der Waals surface area (Å²) >= 11 is 0. The first kappa shape index (κ1) is 12.9. The van der Waals surface area contributed by atoms with Gasteiger partial charge in [0.15, 0.2) is 11.6 Å². The molecule has 0 saturated heterocycles. The van der Waals surface area contributed by atoms with Gasteiger partial charge in [0, 0.05) is 30.0 Å². The van der Waals surface area contributed by atoms with Crippen molar-refractivity contribution in [3.05, 3.63) is 63.8 Å². The average molecular weight is 268 g/mol. The van der Waals surface area contributed by atoms with E-state index in [9.17, 15) is 22.8 Å². The van der Waals surface area contributed by atoms with Gasteiger partial charge in [0.1, 0.15) is 5.82 Å². The van der Waals surface area contributed by atoms with Crippen LogP contribution >= 0.6 is 0 Å². The Kier molecular flexibility index (Phi) is 3.37. The molecule has 0 aliphatic carbocycles. The van der Waals surface area contributed by atoms with Gasteiger partial charge in [-0.2, -0.15) is 0 Å². The van der Waals surface area contributed by atoms with Crippen molar-refractivity contribution in [2.24, 2.45) is 0 Å². The van der Waals surface area contributed by atoms with Crippen LogP contribution in [0.15, 0.2) is 35.3 Å². The van der Waals surface area contributed by atoms with Gasteiger partial charge < -0.3 is 10.3 Å². The van der Waals surface area contributed by atoms with Crippen LogP contribution in [0, 0.1) is 17.5 Å². The number of anilines is 1. The van der Waals surface area contributed by atoms with Crippen molar-refractivity contribution in [3.8, 4) is 0 Å². The minimum atomic E-state index is -1.35. The maximum absolute atomic E-state index is 13.3. The Morgan fingerprint density at radius 1 is 1.05 bits per heavy atom. The number of hydrogen-bond donors (Lipinski definition) is 2. The number of aromatic nitrogens is 1. The zero-order chi connectivity index (χ0) is 14.0. The fraction of sp³-hybridized carbons (Fsp3) is 0. The highest BCUT2D eigenvalue weighted by Crippen LogP contribution is 2.18. The highest BCUT2D eigenvalue weighted by molar-refractivity contribution is 6.04. The van der Waals surface area contributed by atoms with E-state index < -0.39 is 34.6 Å². The Hall–Kier alpha value is -2.57. The Morgan fingerprint density at radius 3 is 2.42 bits per heavy atom. The molecule has 0 spiro atoms. The lowest BCUT2D eigenvalue weighted by atomic mass is 10.2. The molecule has 0 aliphatic rings. The molecule has 2 aromatic rings. The van der Waals surface area contributed by atoms with E-state index in [0.29, 0.717) is 12.1 Å². The summed E-state index contributed by atoms with van der Waals surface area (Å²) in [7, 11) is 0. The predicted octanol–water partition coefficient (Wildman–Crippen LogP) is 2.04. The molecule has 0 saturated carbocycles. The second kappa shape index (κ2) is 4.97. The van der Waals surface area contributed by atoms with Crippen LogP contribution in [-0.2, 0) is 0 Å². The topological polar surface area (TPSA) is 62.0 Å². The molecular formula is C12H7F3N2O2. The molecule has 0 unspecified atom stereocenters. The Morgan fingerprint density at radius 2 is 1.74 bits per heavy atom. The van der Waals surface area contributed by atoms with Crippen LogP contribution in [0.4, 0.5) is 18.9 Å². The van der Waals surface area contributed by atoms with Gasteiger partial charge in [-0.15, -0.1) is 0 Å². The monoisotopic (exact) mass is 268 g/mol. The van der Waals surface area contributed by atoms with Crippen molar-refractivity contribution in [2.45, 2.75) is 0 Å². The average Bonchev–Trinajstić information content (AvgIpc) is 2.36. The fourth-order valence-electron chi connectivity index (χ4n) is 1.40. The van der Waals surface area contributed by atoms with Crippen molar-refractivity contribution in [1.82, 2.24) is 4.98 Å². The molecule has 19 heavy (non-hydrogen) atoms. The first-order valence-electron chi connectivity index (χ1n) is 5.12. The molecule has 7 heteroatoms. The molecule has 0 radical (unpaired) electrons. The van der Waals surface area contributed by atoms with Crippen molar-refractivity contribution in [3.63, 3.8) is 0 Å². The Labute approximate surface area is 104 Å². The molecular weight excluding hydrogens is 261 g/mol. The molecule has 0 bridgehead atoms. The smallest absolute Gasteiger partial charge is 0.255 e. The molecule has 1 aromatic heterocycles. The van der Waals surface area contributed by atoms with Crippen LogP contribution in [0.1, 0.15) is 10.4 Å². The van der Waals surface area contributed by atoms with Crippen molar-refractivity contribution in [2.75, 3.05) is 5.32 Å². The third-order valence-electron chi connectivity index (χ3n) is 2.30. The first-order chi connectivity index (χ1) is 8.97. The zero-order valence-corrected chi connectivity index (χ0v) is 9.34. The number of aromatic amines is 1. The first-order valence-corrected chi connectivity index (χ1v) is 5.12. The molecule has 0 aliphatic heterocycles. The Bertz CT molecular complexity index is 698. The van der Waals surface area contributed by atoms with E-state index in [4.69, 9.17) is 0 Å². The van der Waals surface area contributed by atoms with Gasteiger partial charge in [-0.05, 0) is 6.07 Å². The number of benzene rings is 1. The molecule has 0 atom stereocenters. The van der Waals surface area contributed by atoms with E-state index in [-0.39, 0.29) is 5.56 Å². The molecule has 2 rings (SSSR count). The van der Waals surface area contributed by atoms with E-state index in [2.05, 4.69) is 4.98 Å². The van der Waals surface area contributed by atoms with E-state index in [1.54, 1.807) is 0 Å². The number of hydrogen-bond acceptors (Lipinski definition) is 2. The molecule has 1 aromatic carbocycles. The lowest BCUT2D eigenvalue weighted by molar-refractivity contribution is 0.102. The fourth-order valence-corrected chi connectivity index (χ4v) is 1.40. The van der Waals surface area contributed by atoms with Gasteiger partial charge in [0.2, 0.25) is 5.56 Å². The lowest BCUT2D eigenvalue weighted by Crippen LogP contribution is -2.16. The third kappa shape index (κ3) is 2.82. The SMILES string of the molecule is O=C(Nc1cc(F)c(F)cc1F)c1cc[nH]c(=O)c1. The van der Waals surface area contributed by atoms with Crippen LogP contribution < -0.4 is 10.9 Å². The van der Waals surface area contributed by atoms with Gasteiger partial charge in [-0.3, -0.25) is 9.59 Å². The van der Waals surface area contributed by atoms with Crippen molar-refractivity contribution < 1.29 is 18.0 Å². The minimum absolute atomic E-state index is 0.0344. The maximum Gasteiger partial charge on any atom is 0.255 e. The zero-order valence-electron chi connectivity index (χ0n) is 9.34. The summed E-state index contributed by atoms with van der Waals surface area (Å²) in [5.74, 6) is -4.57. The highest BCUT2D eigenvalue weighted by atomic mass is 19.2. The second-order valence-corrected chi connectivity index (χ2v) is 3.64. The van der Waals surface area contributed by atoms with Gasteiger partial charge in [0.05, 0.1) is 5.69 Å². The molecule has 0 fully saturated rings. The number of H-pyrrole nitrogens is 1. The highest BCUT2D eigenvalue weighted by Gasteiger charge is 2.13. The summed E-state index contributed by atoms with van der Waals surface area (Å²) in [6.07, 6.45) is 1.23. The van der Waals surface area contributed by atoms with E-state index in [1.165, 1.54) is 12.3 Å². The normalized spacial score (nSPS) is 10.3. The van der Waals surface area contributed by atoms with Gasteiger partial charge in [0.25, 0.3) is 5.91 Å². The molecule has 1 amide bonds. The van der Waals surface area contributed by atoms with Crippen molar-refractivity contribution in [1.29, 1.82) is 0 Å². The largest absolute Gasteiger partial charge is 0.329 e. The summed E-state index contributed by atoms with van der Waals surface area (Å²) in [6, 6.07) is 3.13. The van der Waals surface area contributed by atoms with Crippen LogP contribution in [0.5, 0.6) is 0 Å². The summed E-state index contributed by atoms with van der Waals surface area (Å²) in [5.41, 5.74) is -1.06. The summed E-state index contributed by atoms with van der Waals surface area (Å²) in [5, 5.41) is 2.05. The molecule has 1 heterocycles. The van der Waals surface area contributed by atoms with Crippen LogP contribution in [0.2, 0.25) is 0 Å². The van der Waals surface area contributed by atoms with E-state index >= 15 is 0 Å². The predicted molar refractivity (Wildman–Crippen MR) is 61.3 cm³/mol. The number of carbonyl (C=O) groups is 1. The summed E-state index contributed by atoms with van der Waals surface area (Å²) in [4.78, 5) is 25.0. The summed E-state index contributed by atoms with van der Waals surface area (Å²) in [6.45, 7) is 0. The molecule has 2 N–H and O–H groups in total. The number of carbonyl (C=O) groups excluding carboxylic acids is 1. The third-order valence-corrected chi connectivity index (χ3v) is 2.30.